The second-order valence-corrected chi connectivity index (χ2v) is 5.13. The first kappa shape index (κ1) is 12.9. The Hall–Kier alpha value is -1.53. The van der Waals surface area contributed by atoms with Crippen molar-refractivity contribution in [3.8, 4) is 11.8 Å². The summed E-state index contributed by atoms with van der Waals surface area (Å²) in [6, 6.07) is 9.53. The lowest BCUT2D eigenvalue weighted by molar-refractivity contribution is 0.0901. The predicted molar refractivity (Wildman–Crippen MR) is 71.5 cm³/mol. The van der Waals surface area contributed by atoms with Gasteiger partial charge < -0.3 is 9.64 Å². The summed E-state index contributed by atoms with van der Waals surface area (Å²) in [5.41, 5.74) is 0.653. The monoisotopic (exact) mass is 244 g/mol. The van der Waals surface area contributed by atoms with Gasteiger partial charge in [-0.15, -0.1) is 0 Å². The molecule has 1 aliphatic rings. The molecule has 1 heterocycles. The number of hydrogen-bond donors (Lipinski definition) is 0. The average Bonchev–Trinajstić information content (AvgIpc) is 2.39. The van der Waals surface area contributed by atoms with Gasteiger partial charge in [-0.3, -0.25) is 0 Å². The maximum Gasteiger partial charge on any atom is 0.121 e. The molecule has 0 amide bonds. The molecule has 2 unspecified atom stereocenters. The first-order valence-corrected chi connectivity index (χ1v) is 6.54. The summed E-state index contributed by atoms with van der Waals surface area (Å²) >= 11 is 0. The van der Waals surface area contributed by atoms with Crippen LogP contribution in [0.25, 0.3) is 0 Å². The van der Waals surface area contributed by atoms with E-state index in [9.17, 15) is 0 Å². The van der Waals surface area contributed by atoms with Crippen LogP contribution in [0.3, 0.4) is 0 Å². The molecule has 1 aromatic carbocycles. The summed E-state index contributed by atoms with van der Waals surface area (Å²) in [6.45, 7) is 4.41. The largest absolute Gasteiger partial charge is 0.490 e. The van der Waals surface area contributed by atoms with Gasteiger partial charge in [0.15, 0.2) is 0 Å². The Bertz CT molecular complexity index is 438. The van der Waals surface area contributed by atoms with Crippen LogP contribution in [0.15, 0.2) is 24.3 Å². The molecule has 0 radical (unpaired) electrons. The smallest absolute Gasteiger partial charge is 0.121 e. The molecule has 1 aliphatic heterocycles. The Labute approximate surface area is 109 Å². The van der Waals surface area contributed by atoms with Gasteiger partial charge in [0.25, 0.3) is 0 Å². The molecule has 0 aromatic heterocycles. The van der Waals surface area contributed by atoms with Crippen molar-refractivity contribution in [1.82, 2.24) is 4.90 Å². The lowest BCUT2D eigenvalue weighted by Gasteiger charge is -2.33. The molecule has 2 atom stereocenters. The number of likely N-dealkylation sites (tertiary alicyclic amines) is 1. The topological polar surface area (TPSA) is 36.3 Å². The molecule has 1 saturated heterocycles. The molecule has 1 fully saturated rings. The minimum atomic E-state index is 0.196. The zero-order chi connectivity index (χ0) is 13.0. The molecule has 1 aromatic rings. The Morgan fingerprint density at radius 1 is 1.50 bits per heavy atom. The first-order valence-electron chi connectivity index (χ1n) is 6.54. The standard InChI is InChI=1S/C15H20N2O/c1-12(14-6-4-8-17(2)11-14)18-15-7-3-5-13(9-15)10-16/h3,5,7,9,12,14H,4,6,8,11H2,1-2H3. The first-order chi connectivity index (χ1) is 8.69. The van der Waals surface area contributed by atoms with Crippen LogP contribution in [0.5, 0.6) is 5.75 Å². The van der Waals surface area contributed by atoms with E-state index in [4.69, 9.17) is 10.00 Å². The van der Waals surface area contributed by atoms with Crippen molar-refractivity contribution in [2.75, 3.05) is 20.1 Å². The van der Waals surface area contributed by atoms with Crippen LogP contribution in [-0.4, -0.2) is 31.1 Å². The molecule has 96 valence electrons. The average molecular weight is 244 g/mol. The number of nitrogens with zero attached hydrogens (tertiary/aromatic N) is 2. The van der Waals surface area contributed by atoms with E-state index < -0.39 is 0 Å². The highest BCUT2D eigenvalue weighted by molar-refractivity contribution is 5.36. The van der Waals surface area contributed by atoms with E-state index in [1.165, 1.54) is 19.4 Å². The molecule has 0 saturated carbocycles. The summed E-state index contributed by atoms with van der Waals surface area (Å²) in [5, 5.41) is 8.87. The van der Waals surface area contributed by atoms with E-state index in [0.717, 1.165) is 12.3 Å². The number of hydrogen-bond acceptors (Lipinski definition) is 3. The molecule has 18 heavy (non-hydrogen) atoms. The van der Waals surface area contributed by atoms with Gasteiger partial charge in [0.05, 0.1) is 17.7 Å². The van der Waals surface area contributed by atoms with Gasteiger partial charge in [0.1, 0.15) is 5.75 Å². The van der Waals surface area contributed by atoms with E-state index in [2.05, 4.69) is 24.9 Å². The maximum atomic E-state index is 8.87. The minimum absolute atomic E-state index is 0.196. The lowest BCUT2D eigenvalue weighted by Crippen LogP contribution is -2.39. The summed E-state index contributed by atoms with van der Waals surface area (Å²) in [5.74, 6) is 1.38. The molecule has 0 aliphatic carbocycles. The summed E-state index contributed by atoms with van der Waals surface area (Å²) < 4.78 is 5.97. The van der Waals surface area contributed by atoms with E-state index in [0.29, 0.717) is 11.5 Å². The van der Waals surface area contributed by atoms with Crippen LogP contribution in [0.2, 0.25) is 0 Å². The van der Waals surface area contributed by atoms with E-state index >= 15 is 0 Å². The van der Waals surface area contributed by atoms with Crippen molar-refractivity contribution in [2.45, 2.75) is 25.9 Å². The molecule has 2 rings (SSSR count). The highest BCUT2D eigenvalue weighted by Crippen LogP contribution is 2.23. The van der Waals surface area contributed by atoms with Gasteiger partial charge in [-0.05, 0) is 51.6 Å². The number of rotatable bonds is 3. The van der Waals surface area contributed by atoms with E-state index in [1.54, 1.807) is 6.07 Å². The van der Waals surface area contributed by atoms with E-state index in [1.807, 2.05) is 18.2 Å². The predicted octanol–water partition coefficient (Wildman–Crippen LogP) is 2.67. The molecule has 3 heteroatoms. The minimum Gasteiger partial charge on any atom is -0.490 e. The van der Waals surface area contributed by atoms with Gasteiger partial charge >= 0.3 is 0 Å². The van der Waals surface area contributed by atoms with Gasteiger partial charge in [-0.1, -0.05) is 6.07 Å². The van der Waals surface area contributed by atoms with Crippen molar-refractivity contribution in [3.63, 3.8) is 0 Å². The Balaban J connectivity index is 1.97. The lowest BCUT2D eigenvalue weighted by atomic mass is 9.93. The second kappa shape index (κ2) is 5.88. The van der Waals surface area contributed by atoms with Crippen molar-refractivity contribution in [1.29, 1.82) is 5.26 Å². The summed E-state index contributed by atoms with van der Waals surface area (Å²) in [7, 11) is 2.16. The van der Waals surface area contributed by atoms with Crippen LogP contribution < -0.4 is 4.74 Å². The number of ether oxygens (including phenoxy) is 1. The fraction of sp³-hybridized carbons (Fsp3) is 0.533. The molecule has 0 spiro atoms. The zero-order valence-electron chi connectivity index (χ0n) is 11.1. The number of benzene rings is 1. The molecule has 0 bridgehead atoms. The van der Waals surface area contributed by atoms with Crippen LogP contribution in [-0.2, 0) is 0 Å². The third-order valence-corrected chi connectivity index (χ3v) is 3.61. The fourth-order valence-electron chi connectivity index (χ4n) is 2.54. The summed E-state index contributed by atoms with van der Waals surface area (Å²) in [4.78, 5) is 2.36. The van der Waals surface area contributed by atoms with Crippen molar-refractivity contribution in [3.05, 3.63) is 29.8 Å². The van der Waals surface area contributed by atoms with Gasteiger partial charge in [-0.25, -0.2) is 0 Å². The zero-order valence-corrected chi connectivity index (χ0v) is 11.1. The number of nitriles is 1. The van der Waals surface area contributed by atoms with Crippen LogP contribution in [0.1, 0.15) is 25.3 Å². The van der Waals surface area contributed by atoms with Crippen molar-refractivity contribution >= 4 is 0 Å². The Kier molecular flexibility index (Phi) is 4.22. The molecular weight excluding hydrogens is 224 g/mol. The molecule has 3 nitrogen and oxygen atoms in total. The highest BCUT2D eigenvalue weighted by atomic mass is 16.5. The Morgan fingerprint density at radius 3 is 3.06 bits per heavy atom. The van der Waals surface area contributed by atoms with Crippen LogP contribution in [0, 0.1) is 17.2 Å². The highest BCUT2D eigenvalue weighted by Gasteiger charge is 2.24. The quantitative estimate of drug-likeness (QED) is 0.820. The van der Waals surface area contributed by atoms with Gasteiger partial charge in [0, 0.05) is 12.5 Å². The van der Waals surface area contributed by atoms with E-state index in [-0.39, 0.29) is 6.10 Å². The second-order valence-electron chi connectivity index (χ2n) is 5.13. The Morgan fingerprint density at radius 2 is 2.33 bits per heavy atom. The SMILES string of the molecule is CC(Oc1cccc(C#N)c1)C1CCCN(C)C1. The third kappa shape index (κ3) is 3.24. The molecule has 0 N–H and O–H groups in total. The third-order valence-electron chi connectivity index (χ3n) is 3.61. The van der Waals surface area contributed by atoms with Crippen molar-refractivity contribution in [2.24, 2.45) is 5.92 Å². The van der Waals surface area contributed by atoms with Crippen molar-refractivity contribution < 1.29 is 4.74 Å². The normalized spacial score (nSPS) is 22.2. The number of piperidine rings is 1. The van der Waals surface area contributed by atoms with Crippen LogP contribution in [0.4, 0.5) is 0 Å². The molecular formula is C15H20N2O. The van der Waals surface area contributed by atoms with Gasteiger partial charge in [0.2, 0.25) is 0 Å². The maximum absolute atomic E-state index is 8.87. The summed E-state index contributed by atoms with van der Waals surface area (Å²) in [6.07, 6.45) is 2.66. The fourth-order valence-corrected chi connectivity index (χ4v) is 2.54. The van der Waals surface area contributed by atoms with Gasteiger partial charge in [-0.2, -0.15) is 5.26 Å². The van der Waals surface area contributed by atoms with Crippen LogP contribution >= 0.6 is 0 Å².